The zero-order valence-corrected chi connectivity index (χ0v) is 12.6. The monoisotopic (exact) mass is 291 g/mol. The SMILES string of the molecule is CCCNCCn1nnnc1SCCc1ccccc1. The lowest BCUT2D eigenvalue weighted by molar-refractivity contribution is 0.510. The van der Waals surface area contributed by atoms with Gasteiger partial charge in [0.15, 0.2) is 0 Å². The summed E-state index contributed by atoms with van der Waals surface area (Å²) in [6.45, 7) is 4.93. The van der Waals surface area contributed by atoms with Crippen LogP contribution in [0, 0.1) is 0 Å². The number of thioether (sulfide) groups is 1. The van der Waals surface area contributed by atoms with Gasteiger partial charge in [0.2, 0.25) is 5.16 Å². The molecular weight excluding hydrogens is 270 g/mol. The fourth-order valence-electron chi connectivity index (χ4n) is 1.83. The van der Waals surface area contributed by atoms with Gasteiger partial charge in [-0.1, -0.05) is 49.0 Å². The van der Waals surface area contributed by atoms with Crippen LogP contribution in [-0.4, -0.2) is 39.0 Å². The van der Waals surface area contributed by atoms with Gasteiger partial charge in [-0.05, 0) is 35.4 Å². The highest BCUT2D eigenvalue weighted by Crippen LogP contribution is 2.15. The van der Waals surface area contributed by atoms with E-state index in [0.29, 0.717) is 0 Å². The quantitative estimate of drug-likeness (QED) is 0.566. The maximum Gasteiger partial charge on any atom is 0.209 e. The number of tetrazole rings is 1. The molecule has 2 aromatic rings. The van der Waals surface area contributed by atoms with Crippen molar-refractivity contribution in [2.45, 2.75) is 31.5 Å². The van der Waals surface area contributed by atoms with E-state index in [4.69, 9.17) is 0 Å². The Hall–Kier alpha value is -1.40. The topological polar surface area (TPSA) is 55.6 Å². The third kappa shape index (κ3) is 4.94. The van der Waals surface area contributed by atoms with Gasteiger partial charge >= 0.3 is 0 Å². The highest BCUT2D eigenvalue weighted by molar-refractivity contribution is 7.99. The standard InChI is InChI=1S/C14H21N5S/c1-2-9-15-10-11-19-14(16-17-18-19)20-12-8-13-6-4-3-5-7-13/h3-7,15H,2,8-12H2,1H3. The molecule has 0 aliphatic heterocycles. The number of hydrogen-bond acceptors (Lipinski definition) is 5. The maximum absolute atomic E-state index is 4.08. The maximum atomic E-state index is 4.08. The van der Waals surface area contributed by atoms with E-state index in [9.17, 15) is 0 Å². The van der Waals surface area contributed by atoms with Crippen molar-refractivity contribution < 1.29 is 0 Å². The van der Waals surface area contributed by atoms with Crippen LogP contribution in [0.15, 0.2) is 35.5 Å². The van der Waals surface area contributed by atoms with Gasteiger partial charge in [-0.15, -0.1) is 5.10 Å². The second kappa shape index (κ2) is 8.71. The zero-order valence-electron chi connectivity index (χ0n) is 11.8. The summed E-state index contributed by atoms with van der Waals surface area (Å²) in [5.74, 6) is 0.993. The molecule has 108 valence electrons. The lowest BCUT2D eigenvalue weighted by Crippen LogP contribution is -2.21. The molecule has 0 radical (unpaired) electrons. The molecule has 20 heavy (non-hydrogen) atoms. The third-order valence-electron chi connectivity index (χ3n) is 2.89. The summed E-state index contributed by atoms with van der Waals surface area (Å²) in [6.07, 6.45) is 2.18. The molecule has 0 bridgehead atoms. The molecule has 0 atom stereocenters. The van der Waals surface area contributed by atoms with Gasteiger partial charge in [0.1, 0.15) is 0 Å². The number of rotatable bonds is 9. The Morgan fingerprint density at radius 1 is 1.20 bits per heavy atom. The van der Waals surface area contributed by atoms with Crippen molar-refractivity contribution in [3.8, 4) is 0 Å². The first-order chi connectivity index (χ1) is 9.90. The van der Waals surface area contributed by atoms with Crippen molar-refractivity contribution in [3.05, 3.63) is 35.9 Å². The fourth-order valence-corrected chi connectivity index (χ4v) is 2.72. The van der Waals surface area contributed by atoms with Crippen LogP contribution < -0.4 is 5.32 Å². The Morgan fingerprint density at radius 3 is 2.85 bits per heavy atom. The number of nitrogens with zero attached hydrogens (tertiary/aromatic N) is 4. The molecule has 1 aromatic carbocycles. The van der Waals surface area contributed by atoms with Gasteiger partial charge in [-0.3, -0.25) is 0 Å². The third-order valence-corrected chi connectivity index (χ3v) is 3.85. The fraction of sp³-hybridized carbons (Fsp3) is 0.500. The summed E-state index contributed by atoms with van der Waals surface area (Å²) < 4.78 is 1.87. The first-order valence-corrected chi connectivity index (χ1v) is 8.02. The number of hydrogen-bond donors (Lipinski definition) is 1. The molecule has 0 spiro atoms. The normalized spacial score (nSPS) is 10.8. The van der Waals surface area contributed by atoms with Crippen LogP contribution in [0.2, 0.25) is 0 Å². The summed E-state index contributed by atoms with van der Waals surface area (Å²) in [5, 5.41) is 16.1. The van der Waals surface area contributed by atoms with Crippen molar-refractivity contribution in [3.63, 3.8) is 0 Å². The van der Waals surface area contributed by atoms with E-state index in [0.717, 1.165) is 43.4 Å². The van der Waals surface area contributed by atoms with E-state index >= 15 is 0 Å². The van der Waals surface area contributed by atoms with E-state index < -0.39 is 0 Å². The molecule has 1 aromatic heterocycles. The Balaban J connectivity index is 1.74. The van der Waals surface area contributed by atoms with Gasteiger partial charge in [0, 0.05) is 12.3 Å². The number of benzene rings is 1. The van der Waals surface area contributed by atoms with Crippen molar-refractivity contribution in [1.29, 1.82) is 0 Å². The minimum absolute atomic E-state index is 0.820. The lowest BCUT2D eigenvalue weighted by atomic mass is 10.2. The van der Waals surface area contributed by atoms with Crippen LogP contribution in [0.3, 0.4) is 0 Å². The Morgan fingerprint density at radius 2 is 2.05 bits per heavy atom. The minimum Gasteiger partial charge on any atom is -0.315 e. The molecule has 2 rings (SSSR count). The van der Waals surface area contributed by atoms with Crippen LogP contribution in [0.5, 0.6) is 0 Å². The average Bonchev–Trinajstić information content (AvgIpc) is 2.92. The highest BCUT2D eigenvalue weighted by atomic mass is 32.2. The zero-order chi connectivity index (χ0) is 14.0. The molecular formula is C14H21N5S. The van der Waals surface area contributed by atoms with Crippen LogP contribution in [0.4, 0.5) is 0 Å². The molecule has 5 nitrogen and oxygen atoms in total. The smallest absolute Gasteiger partial charge is 0.209 e. The van der Waals surface area contributed by atoms with Crippen molar-refractivity contribution >= 4 is 11.8 Å². The molecule has 6 heteroatoms. The van der Waals surface area contributed by atoms with Gasteiger partial charge in [-0.25, -0.2) is 4.68 Å². The van der Waals surface area contributed by atoms with Crippen molar-refractivity contribution in [2.75, 3.05) is 18.8 Å². The predicted molar refractivity (Wildman–Crippen MR) is 81.8 cm³/mol. The minimum atomic E-state index is 0.820. The molecule has 0 saturated heterocycles. The Kier molecular flexibility index (Phi) is 6.53. The van der Waals surface area contributed by atoms with Gasteiger partial charge in [-0.2, -0.15) is 0 Å². The number of aryl methyl sites for hydroxylation is 1. The van der Waals surface area contributed by atoms with Gasteiger partial charge < -0.3 is 5.32 Å². The molecule has 0 unspecified atom stereocenters. The van der Waals surface area contributed by atoms with E-state index in [1.165, 1.54) is 5.56 Å². The van der Waals surface area contributed by atoms with Gasteiger partial charge in [0.05, 0.1) is 6.54 Å². The van der Waals surface area contributed by atoms with E-state index in [2.05, 4.69) is 52.0 Å². The van der Waals surface area contributed by atoms with Gasteiger partial charge in [0.25, 0.3) is 0 Å². The average molecular weight is 291 g/mol. The summed E-state index contributed by atoms with van der Waals surface area (Å²) in [5.41, 5.74) is 1.35. The number of nitrogens with one attached hydrogen (secondary N) is 1. The molecule has 1 N–H and O–H groups in total. The van der Waals surface area contributed by atoms with Crippen LogP contribution in [-0.2, 0) is 13.0 Å². The van der Waals surface area contributed by atoms with E-state index in [-0.39, 0.29) is 0 Å². The summed E-state index contributed by atoms with van der Waals surface area (Å²) in [6, 6.07) is 10.5. The first kappa shape index (κ1) is 15.0. The Labute approximate surface area is 124 Å². The van der Waals surface area contributed by atoms with Crippen molar-refractivity contribution in [2.24, 2.45) is 0 Å². The molecule has 0 aliphatic carbocycles. The summed E-state index contributed by atoms with van der Waals surface area (Å²) >= 11 is 1.71. The molecule has 0 saturated carbocycles. The number of aromatic nitrogens is 4. The van der Waals surface area contributed by atoms with Crippen molar-refractivity contribution in [1.82, 2.24) is 25.5 Å². The Bertz CT molecular complexity index is 485. The van der Waals surface area contributed by atoms with Crippen LogP contribution >= 0.6 is 11.8 Å². The molecule has 1 heterocycles. The largest absolute Gasteiger partial charge is 0.315 e. The van der Waals surface area contributed by atoms with Crippen LogP contribution in [0.25, 0.3) is 0 Å². The molecule has 0 fully saturated rings. The van der Waals surface area contributed by atoms with E-state index in [1.807, 2.05) is 10.7 Å². The summed E-state index contributed by atoms with van der Waals surface area (Å²) in [4.78, 5) is 0. The molecule has 0 amide bonds. The first-order valence-electron chi connectivity index (χ1n) is 7.03. The summed E-state index contributed by atoms with van der Waals surface area (Å²) in [7, 11) is 0. The second-order valence-corrected chi connectivity index (χ2v) is 5.58. The second-order valence-electron chi connectivity index (χ2n) is 4.52. The highest BCUT2D eigenvalue weighted by Gasteiger charge is 2.06. The lowest BCUT2D eigenvalue weighted by Gasteiger charge is -2.05. The molecule has 0 aliphatic rings. The van der Waals surface area contributed by atoms with E-state index in [1.54, 1.807) is 11.8 Å². The van der Waals surface area contributed by atoms with Crippen LogP contribution in [0.1, 0.15) is 18.9 Å². The predicted octanol–water partition coefficient (Wildman–Crippen LogP) is 2.01.